The summed E-state index contributed by atoms with van der Waals surface area (Å²) in [6.07, 6.45) is 3.25. The average molecular weight is 506 g/mol. The maximum Gasteiger partial charge on any atom is 0.326 e. The summed E-state index contributed by atoms with van der Waals surface area (Å²) in [7, 11) is 0. The van der Waals surface area contributed by atoms with Crippen molar-refractivity contribution in [1.82, 2.24) is 16.0 Å². The van der Waals surface area contributed by atoms with Crippen LogP contribution in [-0.4, -0.2) is 82.6 Å². The van der Waals surface area contributed by atoms with Crippen molar-refractivity contribution in [3.63, 3.8) is 0 Å². The van der Waals surface area contributed by atoms with E-state index in [0.717, 1.165) is 0 Å². The SMILES string of the molecule is CCC(C)C(NC(=O)C(N)CCSC)C(=O)NC(CCCCN)C(=O)NC(CC(=O)O)C(=O)O. The number of hydrogen-bond donors (Lipinski definition) is 7. The Bertz CT molecular complexity index is 694. The molecule has 9 N–H and O–H groups in total. The van der Waals surface area contributed by atoms with E-state index in [1.54, 1.807) is 18.7 Å². The molecule has 5 unspecified atom stereocenters. The lowest BCUT2D eigenvalue weighted by Gasteiger charge is -2.28. The lowest BCUT2D eigenvalue weighted by Crippen LogP contribution is -2.58. The minimum Gasteiger partial charge on any atom is -0.481 e. The van der Waals surface area contributed by atoms with Gasteiger partial charge >= 0.3 is 11.9 Å². The molecule has 0 fully saturated rings. The fourth-order valence-corrected chi connectivity index (χ4v) is 3.50. The number of aliphatic carboxylic acids is 2. The first-order valence-electron chi connectivity index (χ1n) is 11.3. The molecule has 0 heterocycles. The van der Waals surface area contributed by atoms with Gasteiger partial charge in [0.25, 0.3) is 0 Å². The molecule has 34 heavy (non-hydrogen) atoms. The summed E-state index contributed by atoms with van der Waals surface area (Å²) in [5.74, 6) is -4.42. The minimum absolute atomic E-state index is 0.155. The lowest BCUT2D eigenvalue weighted by molar-refractivity contribution is -0.147. The molecule has 0 saturated heterocycles. The molecule has 0 spiro atoms. The van der Waals surface area contributed by atoms with Gasteiger partial charge in [-0.1, -0.05) is 20.3 Å². The molecule has 5 atom stereocenters. The molecule has 196 valence electrons. The molecule has 0 aromatic heterocycles. The summed E-state index contributed by atoms with van der Waals surface area (Å²) in [5, 5.41) is 25.5. The molecule has 0 aliphatic rings. The Kier molecular flexibility index (Phi) is 15.9. The Labute approximate surface area is 204 Å². The fourth-order valence-electron chi connectivity index (χ4n) is 3.01. The summed E-state index contributed by atoms with van der Waals surface area (Å²) < 4.78 is 0. The quantitative estimate of drug-likeness (QED) is 0.116. The maximum absolute atomic E-state index is 13.1. The van der Waals surface area contributed by atoms with Gasteiger partial charge in [-0.25, -0.2) is 4.79 Å². The van der Waals surface area contributed by atoms with Gasteiger partial charge in [0, 0.05) is 0 Å². The summed E-state index contributed by atoms with van der Waals surface area (Å²) in [4.78, 5) is 60.6. The molecule has 0 saturated carbocycles. The molecule has 0 radical (unpaired) electrons. The van der Waals surface area contributed by atoms with Crippen molar-refractivity contribution < 1.29 is 34.2 Å². The normalized spacial score (nSPS) is 15.3. The van der Waals surface area contributed by atoms with Crippen LogP contribution in [0.15, 0.2) is 0 Å². The van der Waals surface area contributed by atoms with Crippen molar-refractivity contribution >= 4 is 41.4 Å². The van der Waals surface area contributed by atoms with E-state index < -0.39 is 60.2 Å². The van der Waals surface area contributed by atoms with Crippen LogP contribution in [0.1, 0.15) is 52.4 Å². The van der Waals surface area contributed by atoms with Gasteiger partial charge in [0.05, 0.1) is 12.5 Å². The Morgan fingerprint density at radius 1 is 0.912 bits per heavy atom. The number of carbonyl (C=O) groups excluding carboxylic acids is 3. The molecule has 0 rings (SSSR count). The molecule has 12 nitrogen and oxygen atoms in total. The van der Waals surface area contributed by atoms with Crippen molar-refractivity contribution in [1.29, 1.82) is 0 Å². The Morgan fingerprint density at radius 2 is 1.53 bits per heavy atom. The zero-order valence-corrected chi connectivity index (χ0v) is 20.9. The molecule has 0 aliphatic heterocycles. The number of thioether (sulfide) groups is 1. The summed E-state index contributed by atoms with van der Waals surface area (Å²) in [5.41, 5.74) is 11.4. The van der Waals surface area contributed by atoms with E-state index in [2.05, 4.69) is 16.0 Å². The third-order valence-corrected chi connectivity index (χ3v) is 5.98. The number of nitrogens with one attached hydrogen (secondary N) is 3. The minimum atomic E-state index is -1.65. The van der Waals surface area contributed by atoms with Gasteiger partial charge in [0.2, 0.25) is 17.7 Å². The van der Waals surface area contributed by atoms with Gasteiger partial charge in [-0.2, -0.15) is 11.8 Å². The highest BCUT2D eigenvalue weighted by atomic mass is 32.2. The number of rotatable bonds is 18. The fraction of sp³-hybridized carbons (Fsp3) is 0.762. The van der Waals surface area contributed by atoms with Crippen molar-refractivity contribution in [2.45, 2.75) is 76.5 Å². The Morgan fingerprint density at radius 3 is 2.03 bits per heavy atom. The topological polar surface area (TPSA) is 214 Å². The van der Waals surface area contributed by atoms with Crippen molar-refractivity contribution in [2.24, 2.45) is 17.4 Å². The summed E-state index contributed by atoms with van der Waals surface area (Å²) in [6.45, 7) is 3.98. The van der Waals surface area contributed by atoms with E-state index in [9.17, 15) is 29.1 Å². The van der Waals surface area contributed by atoms with Crippen LogP contribution in [0.3, 0.4) is 0 Å². The molecule has 13 heteroatoms. The van der Waals surface area contributed by atoms with Crippen LogP contribution < -0.4 is 27.4 Å². The first kappa shape index (κ1) is 31.6. The van der Waals surface area contributed by atoms with E-state index in [0.29, 0.717) is 38.0 Å². The molecular formula is C21H39N5O7S. The molecule has 0 aromatic carbocycles. The third-order valence-electron chi connectivity index (χ3n) is 5.34. The van der Waals surface area contributed by atoms with Crippen LogP contribution in [-0.2, 0) is 24.0 Å². The maximum atomic E-state index is 13.1. The zero-order chi connectivity index (χ0) is 26.3. The number of hydrogen-bond acceptors (Lipinski definition) is 8. The first-order chi connectivity index (χ1) is 16.0. The van der Waals surface area contributed by atoms with Crippen LogP contribution in [0, 0.1) is 5.92 Å². The Balaban J connectivity index is 5.53. The predicted octanol–water partition coefficient (Wildman–Crippen LogP) is -0.744. The zero-order valence-electron chi connectivity index (χ0n) is 20.0. The van der Waals surface area contributed by atoms with Gasteiger partial charge in [-0.15, -0.1) is 0 Å². The van der Waals surface area contributed by atoms with Gasteiger partial charge in [-0.05, 0) is 50.2 Å². The number of carbonyl (C=O) groups is 5. The second-order valence-corrected chi connectivity index (χ2v) is 9.09. The average Bonchev–Trinajstić information content (AvgIpc) is 2.78. The predicted molar refractivity (Wildman–Crippen MR) is 129 cm³/mol. The van der Waals surface area contributed by atoms with Crippen molar-refractivity contribution in [3.8, 4) is 0 Å². The number of unbranched alkanes of at least 4 members (excludes halogenated alkanes) is 1. The Hall–Kier alpha value is -2.38. The third kappa shape index (κ3) is 12.2. The van der Waals surface area contributed by atoms with Crippen LogP contribution in [0.2, 0.25) is 0 Å². The van der Waals surface area contributed by atoms with Gasteiger partial charge < -0.3 is 37.6 Å². The van der Waals surface area contributed by atoms with E-state index in [1.807, 2.05) is 13.2 Å². The summed E-state index contributed by atoms with van der Waals surface area (Å²) >= 11 is 1.54. The first-order valence-corrected chi connectivity index (χ1v) is 12.7. The molecule has 3 amide bonds. The highest BCUT2D eigenvalue weighted by Gasteiger charge is 2.32. The van der Waals surface area contributed by atoms with Crippen molar-refractivity contribution in [3.05, 3.63) is 0 Å². The van der Waals surface area contributed by atoms with Crippen LogP contribution in [0.4, 0.5) is 0 Å². The second-order valence-electron chi connectivity index (χ2n) is 8.10. The van der Waals surface area contributed by atoms with Crippen molar-refractivity contribution in [2.75, 3.05) is 18.6 Å². The molecular weight excluding hydrogens is 466 g/mol. The molecule has 0 aliphatic carbocycles. The highest BCUT2D eigenvalue weighted by molar-refractivity contribution is 7.98. The van der Waals surface area contributed by atoms with Gasteiger partial charge in [0.1, 0.15) is 18.1 Å². The molecule has 0 bridgehead atoms. The number of carboxylic acids is 2. The second kappa shape index (κ2) is 17.1. The van der Waals surface area contributed by atoms with E-state index in [1.165, 1.54) is 0 Å². The van der Waals surface area contributed by atoms with Crippen LogP contribution >= 0.6 is 11.8 Å². The number of carboxylic acid groups (broad SMARTS) is 2. The van der Waals surface area contributed by atoms with E-state index in [4.69, 9.17) is 16.6 Å². The van der Waals surface area contributed by atoms with Gasteiger partial charge in [-0.3, -0.25) is 19.2 Å². The smallest absolute Gasteiger partial charge is 0.326 e. The van der Waals surface area contributed by atoms with Crippen LogP contribution in [0.25, 0.3) is 0 Å². The molecule has 0 aromatic rings. The lowest BCUT2D eigenvalue weighted by atomic mass is 9.97. The number of nitrogens with two attached hydrogens (primary N) is 2. The standard InChI is InChI=1S/C21H39N5O7S/c1-4-12(2)17(26-18(29)13(23)8-10-34-3)20(31)24-14(7-5-6-9-22)19(30)25-15(21(32)33)11-16(27)28/h12-15,17H,4-11,22-23H2,1-3H3,(H,24,31)(H,25,30)(H,26,29)(H,27,28)(H,32,33). The van der Waals surface area contributed by atoms with E-state index >= 15 is 0 Å². The summed E-state index contributed by atoms with van der Waals surface area (Å²) in [6, 6.07) is -4.54. The number of amides is 3. The highest BCUT2D eigenvalue weighted by Crippen LogP contribution is 2.11. The monoisotopic (exact) mass is 505 g/mol. The largest absolute Gasteiger partial charge is 0.481 e. The van der Waals surface area contributed by atoms with E-state index in [-0.39, 0.29) is 12.3 Å². The van der Waals surface area contributed by atoms with Gasteiger partial charge in [0.15, 0.2) is 0 Å². The van der Waals surface area contributed by atoms with Crippen LogP contribution in [0.5, 0.6) is 0 Å².